The third-order valence-corrected chi connectivity index (χ3v) is 3.88. The van der Waals surface area contributed by atoms with Crippen molar-refractivity contribution in [1.29, 1.82) is 0 Å². The largest absolute Gasteiger partial charge is 0.392 e. The van der Waals surface area contributed by atoms with Gasteiger partial charge in [0.05, 0.1) is 6.42 Å². The molecule has 2 rings (SSSR count). The van der Waals surface area contributed by atoms with E-state index in [2.05, 4.69) is 20.1 Å². The second-order valence-electron chi connectivity index (χ2n) is 5.72. The number of esters is 4. The summed E-state index contributed by atoms with van der Waals surface area (Å²) >= 11 is 0. The lowest BCUT2D eigenvalue weighted by Gasteiger charge is -2.09. The summed E-state index contributed by atoms with van der Waals surface area (Å²) in [6.45, 7) is 1.33. The van der Waals surface area contributed by atoms with Gasteiger partial charge in [-0.3, -0.25) is 9.59 Å². The summed E-state index contributed by atoms with van der Waals surface area (Å²) in [4.78, 5) is 57.8. The topological polar surface area (TPSA) is 128 Å². The van der Waals surface area contributed by atoms with Crippen LogP contribution in [0.5, 0.6) is 0 Å². The summed E-state index contributed by atoms with van der Waals surface area (Å²) in [6, 6.07) is -1.09. The molecule has 0 bridgehead atoms. The van der Waals surface area contributed by atoms with Gasteiger partial charge in [0.2, 0.25) is 5.78 Å². The molecule has 0 aromatic carbocycles. The van der Waals surface area contributed by atoms with Gasteiger partial charge in [0.15, 0.2) is 0 Å². The van der Waals surface area contributed by atoms with Crippen molar-refractivity contribution in [3.63, 3.8) is 0 Å². The standard InChI is InChI=1S/C15H20N2O7/c18-11(15(22)24-14(21)10-4-2-8-17-10)5-6-12(19)23-13(20)9-3-1-7-16-9/h9-10,16-17H,1-8H2/t9-,10-/m0/s1. The van der Waals surface area contributed by atoms with Gasteiger partial charge in [0.1, 0.15) is 12.1 Å². The normalized spacial score (nSPS) is 22.8. The Bertz CT molecular complexity index is 534. The van der Waals surface area contributed by atoms with Crippen molar-refractivity contribution in [2.24, 2.45) is 0 Å². The maximum atomic E-state index is 11.6. The van der Waals surface area contributed by atoms with Crippen molar-refractivity contribution in [2.45, 2.75) is 50.6 Å². The van der Waals surface area contributed by atoms with Crippen molar-refractivity contribution >= 4 is 29.7 Å². The maximum Gasteiger partial charge on any atom is 0.382 e. The van der Waals surface area contributed by atoms with Gasteiger partial charge in [-0.1, -0.05) is 0 Å². The summed E-state index contributed by atoms with van der Waals surface area (Å²) in [7, 11) is 0. The average Bonchev–Trinajstić information content (AvgIpc) is 3.24. The number of carbonyl (C=O) groups is 5. The average molecular weight is 340 g/mol. The highest BCUT2D eigenvalue weighted by Gasteiger charge is 2.29. The molecule has 9 nitrogen and oxygen atoms in total. The van der Waals surface area contributed by atoms with Crippen LogP contribution < -0.4 is 10.6 Å². The number of hydrogen-bond donors (Lipinski definition) is 2. The highest BCUT2D eigenvalue weighted by Crippen LogP contribution is 2.09. The number of ketones is 1. The van der Waals surface area contributed by atoms with E-state index in [0.717, 1.165) is 12.8 Å². The molecule has 2 N–H and O–H groups in total. The van der Waals surface area contributed by atoms with E-state index in [1.807, 2.05) is 0 Å². The first-order chi connectivity index (χ1) is 11.5. The Morgan fingerprint density at radius 2 is 1.33 bits per heavy atom. The Balaban J connectivity index is 1.67. The Morgan fingerprint density at radius 1 is 0.792 bits per heavy atom. The van der Waals surface area contributed by atoms with E-state index in [1.165, 1.54) is 0 Å². The minimum absolute atomic E-state index is 0.428. The van der Waals surface area contributed by atoms with Crippen LogP contribution in [0.4, 0.5) is 0 Å². The molecule has 2 aliphatic heterocycles. The van der Waals surface area contributed by atoms with Crippen LogP contribution in [-0.2, 0) is 33.4 Å². The van der Waals surface area contributed by atoms with Gasteiger partial charge in [-0.15, -0.1) is 0 Å². The molecule has 0 aromatic rings. The molecule has 0 radical (unpaired) electrons. The molecule has 24 heavy (non-hydrogen) atoms. The second kappa shape index (κ2) is 8.65. The lowest BCUT2D eigenvalue weighted by molar-refractivity contribution is -0.165. The van der Waals surface area contributed by atoms with Crippen LogP contribution in [0, 0.1) is 0 Å². The van der Waals surface area contributed by atoms with Crippen LogP contribution in [0.15, 0.2) is 0 Å². The molecule has 132 valence electrons. The van der Waals surface area contributed by atoms with Crippen LogP contribution >= 0.6 is 0 Å². The fourth-order valence-electron chi connectivity index (χ4n) is 2.54. The monoisotopic (exact) mass is 340 g/mol. The lowest BCUT2D eigenvalue weighted by Crippen LogP contribution is -2.35. The number of ether oxygens (including phenoxy) is 2. The first-order valence-corrected chi connectivity index (χ1v) is 7.97. The quantitative estimate of drug-likeness (QED) is 0.354. The zero-order chi connectivity index (χ0) is 17.5. The van der Waals surface area contributed by atoms with Crippen LogP contribution in [0.2, 0.25) is 0 Å². The number of nitrogens with one attached hydrogen (secondary N) is 2. The van der Waals surface area contributed by atoms with E-state index in [9.17, 15) is 24.0 Å². The molecule has 2 saturated heterocycles. The molecular formula is C15H20N2O7. The smallest absolute Gasteiger partial charge is 0.382 e. The predicted octanol–water partition coefficient (Wildman–Crippen LogP) is -1.02. The molecule has 0 unspecified atom stereocenters. The molecule has 0 aliphatic carbocycles. The minimum Gasteiger partial charge on any atom is -0.392 e. The molecular weight excluding hydrogens is 320 g/mol. The third-order valence-electron chi connectivity index (χ3n) is 3.88. The number of carbonyl (C=O) groups excluding carboxylic acids is 5. The minimum atomic E-state index is -1.30. The van der Waals surface area contributed by atoms with E-state index in [1.54, 1.807) is 0 Å². The van der Waals surface area contributed by atoms with Gasteiger partial charge in [-0.25, -0.2) is 14.4 Å². The highest BCUT2D eigenvalue weighted by molar-refractivity contribution is 6.35. The van der Waals surface area contributed by atoms with Crippen LogP contribution in [0.1, 0.15) is 38.5 Å². The number of Topliss-reactive ketones (excluding diaryl/α,β-unsaturated/α-hetero) is 1. The molecule has 2 fully saturated rings. The van der Waals surface area contributed by atoms with Crippen LogP contribution in [0.3, 0.4) is 0 Å². The van der Waals surface area contributed by atoms with Gasteiger partial charge in [0.25, 0.3) is 0 Å². The van der Waals surface area contributed by atoms with Gasteiger partial charge in [-0.2, -0.15) is 0 Å². The lowest BCUT2D eigenvalue weighted by atomic mass is 10.2. The summed E-state index contributed by atoms with van der Waals surface area (Å²) < 4.78 is 9.08. The Labute approximate surface area is 138 Å². The Hall–Kier alpha value is -2.13. The molecule has 0 amide bonds. The van der Waals surface area contributed by atoms with E-state index in [4.69, 9.17) is 0 Å². The molecule has 9 heteroatoms. The van der Waals surface area contributed by atoms with Crippen LogP contribution in [-0.4, -0.2) is 54.8 Å². The summed E-state index contributed by atoms with van der Waals surface area (Å²) in [6.07, 6.45) is 1.84. The van der Waals surface area contributed by atoms with Crippen molar-refractivity contribution < 1.29 is 33.4 Å². The van der Waals surface area contributed by atoms with Gasteiger partial charge in [-0.05, 0) is 38.8 Å². The zero-order valence-corrected chi connectivity index (χ0v) is 13.2. The Kier molecular flexibility index (Phi) is 6.56. The maximum absolute atomic E-state index is 11.6. The zero-order valence-electron chi connectivity index (χ0n) is 13.2. The summed E-state index contributed by atoms with van der Waals surface area (Å²) in [5.41, 5.74) is 0. The molecule has 0 saturated carbocycles. The van der Waals surface area contributed by atoms with Gasteiger partial charge in [0, 0.05) is 6.42 Å². The number of hydrogen-bond acceptors (Lipinski definition) is 9. The summed E-state index contributed by atoms with van der Waals surface area (Å²) in [5, 5.41) is 5.73. The molecule has 0 spiro atoms. The van der Waals surface area contributed by atoms with Crippen molar-refractivity contribution in [3.05, 3.63) is 0 Å². The van der Waals surface area contributed by atoms with Crippen molar-refractivity contribution in [2.75, 3.05) is 13.1 Å². The molecule has 2 aliphatic rings. The molecule has 2 heterocycles. The van der Waals surface area contributed by atoms with Crippen molar-refractivity contribution in [3.8, 4) is 0 Å². The highest BCUT2D eigenvalue weighted by atomic mass is 16.6. The first kappa shape index (κ1) is 18.2. The predicted molar refractivity (Wildman–Crippen MR) is 78.5 cm³/mol. The number of rotatable bonds is 6. The Morgan fingerprint density at radius 3 is 1.83 bits per heavy atom. The summed E-state index contributed by atoms with van der Waals surface area (Å²) in [5.74, 6) is -4.68. The molecule has 2 atom stereocenters. The SMILES string of the molecule is O=C(CCC(=O)C(=O)OC(=O)[C@@H]1CCCN1)OC(=O)[C@@H]1CCCN1. The van der Waals surface area contributed by atoms with Gasteiger partial charge < -0.3 is 20.1 Å². The van der Waals surface area contributed by atoms with Gasteiger partial charge >= 0.3 is 23.9 Å². The second-order valence-corrected chi connectivity index (χ2v) is 5.72. The van der Waals surface area contributed by atoms with E-state index >= 15 is 0 Å². The van der Waals surface area contributed by atoms with Crippen molar-refractivity contribution in [1.82, 2.24) is 10.6 Å². The fourth-order valence-corrected chi connectivity index (χ4v) is 2.54. The van der Waals surface area contributed by atoms with E-state index in [-0.39, 0.29) is 0 Å². The van der Waals surface area contributed by atoms with E-state index < -0.39 is 54.6 Å². The first-order valence-electron chi connectivity index (χ1n) is 7.97. The molecule has 0 aromatic heterocycles. The fraction of sp³-hybridized carbons (Fsp3) is 0.667. The third kappa shape index (κ3) is 5.20. The van der Waals surface area contributed by atoms with E-state index in [0.29, 0.717) is 25.9 Å². The van der Waals surface area contributed by atoms with Crippen LogP contribution in [0.25, 0.3) is 0 Å².